The molecule has 3 heterocycles. The summed E-state index contributed by atoms with van der Waals surface area (Å²) >= 11 is 0. The first-order valence-electron chi connectivity index (χ1n) is 8.31. The predicted molar refractivity (Wildman–Crippen MR) is 95.0 cm³/mol. The van der Waals surface area contributed by atoms with Gasteiger partial charge >= 0.3 is 0 Å². The largest absolute Gasteiger partial charge is 0.393 e. The fraction of sp³-hybridized carbons (Fsp3) is 0.316. The number of hydrogen-bond acceptors (Lipinski definition) is 5. The topological polar surface area (TPSA) is 62.1 Å². The Bertz CT molecular complexity index is 855. The van der Waals surface area contributed by atoms with Crippen molar-refractivity contribution in [1.29, 1.82) is 0 Å². The van der Waals surface area contributed by atoms with Crippen LogP contribution < -0.4 is 4.90 Å². The number of aliphatic hydroxyl groups is 1. The molecule has 1 saturated heterocycles. The van der Waals surface area contributed by atoms with Crippen LogP contribution in [0.1, 0.15) is 18.5 Å². The van der Waals surface area contributed by atoms with E-state index in [1.54, 1.807) is 0 Å². The Kier molecular flexibility index (Phi) is 3.86. The monoisotopic (exact) mass is 320 g/mol. The molecule has 1 N–H and O–H groups in total. The number of hydrogen-bond donors (Lipinski definition) is 1. The van der Waals surface area contributed by atoms with Crippen molar-refractivity contribution in [3.05, 3.63) is 48.5 Å². The van der Waals surface area contributed by atoms with E-state index in [9.17, 15) is 5.11 Å². The molecule has 5 heteroatoms. The van der Waals surface area contributed by atoms with Crippen LogP contribution in [0.15, 0.2) is 42.9 Å². The van der Waals surface area contributed by atoms with E-state index in [0.29, 0.717) is 0 Å². The zero-order valence-corrected chi connectivity index (χ0v) is 13.7. The Morgan fingerprint density at radius 1 is 0.917 bits per heavy atom. The Morgan fingerprint density at radius 3 is 2.42 bits per heavy atom. The van der Waals surface area contributed by atoms with Gasteiger partial charge in [-0.2, -0.15) is 0 Å². The lowest BCUT2D eigenvalue weighted by Crippen LogP contribution is -2.36. The number of anilines is 1. The van der Waals surface area contributed by atoms with Crippen LogP contribution in [0.4, 0.5) is 5.95 Å². The molecule has 0 bridgehead atoms. The van der Waals surface area contributed by atoms with Gasteiger partial charge in [0.1, 0.15) is 0 Å². The average molecular weight is 320 g/mol. The van der Waals surface area contributed by atoms with E-state index < -0.39 is 0 Å². The van der Waals surface area contributed by atoms with Crippen LogP contribution in [0.3, 0.4) is 0 Å². The predicted octanol–water partition coefficient (Wildman–Crippen LogP) is 2.96. The maximum Gasteiger partial charge on any atom is 0.225 e. The third kappa shape index (κ3) is 2.95. The maximum absolute atomic E-state index is 9.60. The molecule has 0 saturated carbocycles. The molecule has 0 atom stereocenters. The second-order valence-corrected chi connectivity index (χ2v) is 6.38. The Morgan fingerprint density at radius 2 is 1.67 bits per heavy atom. The lowest BCUT2D eigenvalue weighted by molar-refractivity contribution is 0.145. The van der Waals surface area contributed by atoms with Gasteiger partial charge in [0.05, 0.1) is 6.10 Å². The second-order valence-electron chi connectivity index (χ2n) is 6.38. The summed E-state index contributed by atoms with van der Waals surface area (Å²) in [6.07, 6.45) is 7.02. The minimum Gasteiger partial charge on any atom is -0.393 e. The highest BCUT2D eigenvalue weighted by atomic mass is 16.3. The van der Waals surface area contributed by atoms with E-state index >= 15 is 0 Å². The fourth-order valence-electron chi connectivity index (χ4n) is 3.13. The van der Waals surface area contributed by atoms with Crippen molar-refractivity contribution < 1.29 is 5.11 Å². The molecule has 4 rings (SSSR count). The first kappa shape index (κ1) is 15.0. The molecule has 0 spiro atoms. The summed E-state index contributed by atoms with van der Waals surface area (Å²) in [5.74, 6) is 0.740. The molecular formula is C19H20N4O. The number of aryl methyl sites for hydroxylation is 1. The molecule has 1 aliphatic heterocycles. The van der Waals surface area contributed by atoms with Crippen molar-refractivity contribution in [3.8, 4) is 11.1 Å². The number of pyridine rings is 1. The molecular weight excluding hydrogens is 300 g/mol. The summed E-state index contributed by atoms with van der Waals surface area (Å²) in [6.45, 7) is 3.61. The van der Waals surface area contributed by atoms with Crippen LogP contribution >= 0.6 is 0 Å². The van der Waals surface area contributed by atoms with E-state index in [4.69, 9.17) is 0 Å². The van der Waals surface area contributed by atoms with Crippen LogP contribution in [-0.4, -0.2) is 39.3 Å². The van der Waals surface area contributed by atoms with Crippen molar-refractivity contribution in [2.45, 2.75) is 25.9 Å². The van der Waals surface area contributed by atoms with Crippen LogP contribution in [0, 0.1) is 6.92 Å². The second kappa shape index (κ2) is 6.17. The quantitative estimate of drug-likeness (QED) is 0.786. The highest BCUT2D eigenvalue weighted by Crippen LogP contribution is 2.25. The molecule has 1 fully saturated rings. The fourth-order valence-corrected chi connectivity index (χ4v) is 3.13. The average Bonchev–Trinajstić information content (AvgIpc) is 2.62. The first-order valence-corrected chi connectivity index (χ1v) is 8.31. The lowest BCUT2D eigenvalue weighted by Gasteiger charge is -2.29. The standard InChI is InChI=1S/C19H20N4O/c1-13-8-14-2-3-15(9-16(14)10-20-13)17-11-21-19(22-12-17)23-6-4-18(24)5-7-23/h2-3,8-12,18,24H,4-7H2,1H3. The first-order chi connectivity index (χ1) is 11.7. The van der Waals surface area contributed by atoms with Crippen molar-refractivity contribution >= 4 is 16.7 Å². The molecule has 0 radical (unpaired) electrons. The lowest BCUT2D eigenvalue weighted by atomic mass is 10.0. The Hall–Kier alpha value is -2.53. The van der Waals surface area contributed by atoms with Crippen molar-refractivity contribution in [2.75, 3.05) is 18.0 Å². The number of rotatable bonds is 2. The molecule has 1 aromatic carbocycles. The van der Waals surface area contributed by atoms with Crippen molar-refractivity contribution in [1.82, 2.24) is 15.0 Å². The SMILES string of the molecule is Cc1cc2ccc(-c3cnc(N4CCC(O)CC4)nc3)cc2cn1. The van der Waals surface area contributed by atoms with E-state index in [1.165, 1.54) is 5.39 Å². The molecule has 3 aromatic rings. The van der Waals surface area contributed by atoms with E-state index in [0.717, 1.165) is 54.1 Å². The highest BCUT2D eigenvalue weighted by Gasteiger charge is 2.18. The summed E-state index contributed by atoms with van der Waals surface area (Å²) in [6, 6.07) is 8.41. The number of aliphatic hydroxyl groups excluding tert-OH is 1. The van der Waals surface area contributed by atoms with Crippen LogP contribution in [0.25, 0.3) is 21.9 Å². The van der Waals surface area contributed by atoms with Gasteiger partial charge in [-0.25, -0.2) is 9.97 Å². The van der Waals surface area contributed by atoms with Gasteiger partial charge in [0.2, 0.25) is 5.95 Å². The number of aromatic nitrogens is 3. The number of benzene rings is 1. The van der Waals surface area contributed by atoms with Crippen LogP contribution in [0.2, 0.25) is 0 Å². The molecule has 24 heavy (non-hydrogen) atoms. The van der Waals surface area contributed by atoms with E-state index in [2.05, 4.69) is 44.1 Å². The smallest absolute Gasteiger partial charge is 0.225 e. The summed E-state index contributed by atoms with van der Waals surface area (Å²) < 4.78 is 0. The molecule has 5 nitrogen and oxygen atoms in total. The third-order valence-corrected chi connectivity index (χ3v) is 4.58. The normalized spacial score (nSPS) is 15.8. The Balaban J connectivity index is 1.59. The van der Waals surface area contributed by atoms with Crippen molar-refractivity contribution in [3.63, 3.8) is 0 Å². The van der Waals surface area contributed by atoms with Gasteiger partial charge in [-0.1, -0.05) is 12.1 Å². The summed E-state index contributed by atoms with van der Waals surface area (Å²) in [4.78, 5) is 15.5. The van der Waals surface area contributed by atoms with Gasteiger partial charge in [0.25, 0.3) is 0 Å². The number of nitrogens with zero attached hydrogens (tertiary/aromatic N) is 4. The van der Waals surface area contributed by atoms with Gasteiger partial charge in [-0.3, -0.25) is 4.98 Å². The maximum atomic E-state index is 9.60. The molecule has 122 valence electrons. The minimum atomic E-state index is -0.185. The minimum absolute atomic E-state index is 0.185. The molecule has 2 aromatic heterocycles. The summed E-state index contributed by atoms with van der Waals surface area (Å²) in [7, 11) is 0. The van der Waals surface area contributed by atoms with Gasteiger partial charge in [0, 0.05) is 48.3 Å². The van der Waals surface area contributed by atoms with E-state index in [1.807, 2.05) is 25.5 Å². The summed E-state index contributed by atoms with van der Waals surface area (Å²) in [5.41, 5.74) is 3.11. The molecule has 0 aliphatic carbocycles. The molecule has 0 amide bonds. The van der Waals surface area contributed by atoms with Gasteiger partial charge < -0.3 is 10.0 Å². The van der Waals surface area contributed by atoms with Crippen molar-refractivity contribution in [2.24, 2.45) is 0 Å². The molecule has 0 unspecified atom stereocenters. The number of fused-ring (bicyclic) bond motifs is 1. The zero-order chi connectivity index (χ0) is 16.5. The molecule has 1 aliphatic rings. The Labute approximate surface area is 141 Å². The zero-order valence-electron chi connectivity index (χ0n) is 13.7. The number of piperidine rings is 1. The van der Waals surface area contributed by atoms with E-state index in [-0.39, 0.29) is 6.10 Å². The van der Waals surface area contributed by atoms with Crippen LogP contribution in [0.5, 0.6) is 0 Å². The van der Waals surface area contributed by atoms with Crippen LogP contribution in [-0.2, 0) is 0 Å². The summed E-state index contributed by atoms with van der Waals surface area (Å²) in [5, 5.41) is 11.9. The highest BCUT2D eigenvalue weighted by molar-refractivity contribution is 5.86. The van der Waals surface area contributed by atoms with Gasteiger partial charge in [0.15, 0.2) is 0 Å². The third-order valence-electron chi connectivity index (χ3n) is 4.58. The van der Waals surface area contributed by atoms with Gasteiger partial charge in [-0.05, 0) is 42.8 Å². The van der Waals surface area contributed by atoms with Gasteiger partial charge in [-0.15, -0.1) is 0 Å².